The molecule has 32 heavy (non-hydrogen) atoms. The number of methoxy groups -OCH3 is 1. The Morgan fingerprint density at radius 1 is 1.22 bits per heavy atom. The highest BCUT2D eigenvalue weighted by Crippen LogP contribution is 2.35. The first-order valence-electron chi connectivity index (χ1n) is 11.4. The van der Waals surface area contributed by atoms with Gasteiger partial charge in [-0.2, -0.15) is 0 Å². The van der Waals surface area contributed by atoms with Crippen LogP contribution < -0.4 is 4.90 Å². The minimum absolute atomic E-state index is 0.587. The molecule has 3 aromatic rings. The van der Waals surface area contributed by atoms with Gasteiger partial charge in [0, 0.05) is 82.5 Å². The van der Waals surface area contributed by atoms with Crippen molar-refractivity contribution < 1.29 is 4.74 Å². The molecule has 4 heterocycles. The fourth-order valence-electron chi connectivity index (χ4n) is 3.97. The number of aromatic nitrogens is 4. The largest absolute Gasteiger partial charge is 0.385 e. The van der Waals surface area contributed by atoms with Crippen LogP contribution in [0.4, 0.5) is 5.69 Å². The SMILES string of the molecule is CN(C)C1CCCN(c2ccnc3[nH]cc(-c4cncnc4)c23)C1.COCC[Si](C)(C)C. The molecule has 3 aromatic heterocycles. The van der Waals surface area contributed by atoms with Crippen LogP contribution in [0.25, 0.3) is 22.2 Å². The van der Waals surface area contributed by atoms with Crippen LogP contribution in [0.1, 0.15) is 12.8 Å². The van der Waals surface area contributed by atoms with Crippen LogP contribution in [0.3, 0.4) is 0 Å². The van der Waals surface area contributed by atoms with Gasteiger partial charge in [-0.05, 0) is 39.0 Å². The van der Waals surface area contributed by atoms with Crippen LogP contribution in [-0.2, 0) is 4.74 Å². The van der Waals surface area contributed by atoms with Gasteiger partial charge in [-0.25, -0.2) is 15.0 Å². The van der Waals surface area contributed by atoms with E-state index in [2.05, 4.69) is 69.5 Å². The van der Waals surface area contributed by atoms with E-state index in [0.717, 1.165) is 41.9 Å². The van der Waals surface area contributed by atoms with E-state index in [9.17, 15) is 0 Å². The molecule has 4 rings (SSSR count). The molecule has 1 fully saturated rings. The third-order valence-electron chi connectivity index (χ3n) is 5.95. The maximum Gasteiger partial charge on any atom is 0.139 e. The number of H-pyrrole nitrogens is 1. The van der Waals surface area contributed by atoms with E-state index in [4.69, 9.17) is 4.74 Å². The molecule has 1 N–H and O–H groups in total. The molecule has 7 nitrogen and oxygen atoms in total. The molecule has 1 unspecified atom stereocenters. The highest BCUT2D eigenvalue weighted by molar-refractivity contribution is 6.76. The number of rotatable bonds is 6. The van der Waals surface area contributed by atoms with Gasteiger partial charge in [-0.1, -0.05) is 19.6 Å². The lowest BCUT2D eigenvalue weighted by Crippen LogP contribution is -2.45. The van der Waals surface area contributed by atoms with E-state index in [-0.39, 0.29) is 0 Å². The number of anilines is 1. The van der Waals surface area contributed by atoms with Gasteiger partial charge in [0.2, 0.25) is 0 Å². The van der Waals surface area contributed by atoms with E-state index in [1.165, 1.54) is 24.6 Å². The molecule has 0 aliphatic carbocycles. The lowest BCUT2D eigenvalue weighted by Gasteiger charge is -2.37. The second-order valence-electron chi connectivity index (χ2n) is 9.89. The van der Waals surface area contributed by atoms with Gasteiger partial charge in [-0.3, -0.25) is 0 Å². The van der Waals surface area contributed by atoms with Crippen LogP contribution >= 0.6 is 0 Å². The lowest BCUT2D eigenvalue weighted by atomic mass is 10.0. The van der Waals surface area contributed by atoms with Gasteiger partial charge in [-0.15, -0.1) is 0 Å². The molecule has 1 atom stereocenters. The van der Waals surface area contributed by atoms with Crippen LogP contribution in [0.15, 0.2) is 37.2 Å². The highest BCUT2D eigenvalue weighted by atomic mass is 28.3. The smallest absolute Gasteiger partial charge is 0.139 e. The standard InChI is InChI=1S/C18H22N6.C6H16OSi/c1-23(2)14-4-3-7-24(11-14)16-5-6-21-18-17(16)15(10-22-18)13-8-19-12-20-9-13;1-7-5-6-8(2,3)4/h5-6,8-10,12,14H,3-4,7,11H2,1-2H3,(H,21,22);5-6H2,1-4H3. The van der Waals surface area contributed by atoms with E-state index in [1.807, 2.05) is 24.8 Å². The number of hydrogen-bond donors (Lipinski definition) is 1. The molecule has 0 bridgehead atoms. The second-order valence-corrected chi connectivity index (χ2v) is 15.5. The van der Waals surface area contributed by atoms with Crippen molar-refractivity contribution in [3.63, 3.8) is 0 Å². The number of pyridine rings is 1. The summed E-state index contributed by atoms with van der Waals surface area (Å²) in [6.45, 7) is 10.1. The number of likely N-dealkylation sites (N-methyl/N-ethyl adjacent to an activating group) is 1. The number of nitrogens with zero attached hydrogens (tertiary/aromatic N) is 5. The minimum Gasteiger partial charge on any atom is -0.385 e. The molecule has 174 valence electrons. The van der Waals surface area contributed by atoms with Gasteiger partial charge in [0.25, 0.3) is 0 Å². The summed E-state index contributed by atoms with van der Waals surface area (Å²) in [5, 5.41) is 1.16. The first-order chi connectivity index (χ1) is 15.3. The second kappa shape index (κ2) is 11.0. The summed E-state index contributed by atoms with van der Waals surface area (Å²) in [5.41, 5.74) is 4.28. The monoisotopic (exact) mass is 454 g/mol. The van der Waals surface area contributed by atoms with Crippen molar-refractivity contribution in [1.82, 2.24) is 24.8 Å². The maximum atomic E-state index is 4.95. The Labute approximate surface area is 193 Å². The summed E-state index contributed by atoms with van der Waals surface area (Å²) in [6.07, 6.45) is 11.6. The molecule has 8 heteroatoms. The first-order valence-corrected chi connectivity index (χ1v) is 15.1. The zero-order chi connectivity index (χ0) is 23.1. The van der Waals surface area contributed by atoms with Crippen molar-refractivity contribution in [2.75, 3.05) is 45.8 Å². The first kappa shape index (κ1) is 24.4. The van der Waals surface area contributed by atoms with Crippen molar-refractivity contribution in [2.24, 2.45) is 0 Å². The topological polar surface area (TPSA) is 70.2 Å². The Kier molecular flexibility index (Phi) is 8.39. The maximum absolute atomic E-state index is 4.95. The molecule has 1 aliphatic rings. The fourth-order valence-corrected chi connectivity index (χ4v) is 4.79. The fraction of sp³-hybridized carbons (Fsp3) is 0.542. The Hall–Kier alpha value is -2.29. The van der Waals surface area contributed by atoms with Crippen LogP contribution in [-0.4, -0.2) is 79.9 Å². The van der Waals surface area contributed by atoms with Gasteiger partial charge in [0.1, 0.15) is 12.0 Å². The van der Waals surface area contributed by atoms with Crippen LogP contribution in [0.2, 0.25) is 25.7 Å². The molecular weight excluding hydrogens is 416 g/mol. The van der Waals surface area contributed by atoms with Gasteiger partial charge in [0.05, 0.1) is 5.39 Å². The highest BCUT2D eigenvalue weighted by Gasteiger charge is 2.24. The summed E-state index contributed by atoms with van der Waals surface area (Å²) in [7, 11) is 5.29. The predicted octanol–water partition coefficient (Wildman–Crippen LogP) is 4.52. The number of nitrogens with one attached hydrogen (secondary N) is 1. The quantitative estimate of drug-likeness (QED) is 0.552. The summed E-state index contributed by atoms with van der Waals surface area (Å²) in [5.74, 6) is 0. The molecular formula is C24H38N6OSi. The number of fused-ring (bicyclic) bond motifs is 1. The lowest BCUT2D eigenvalue weighted by molar-refractivity contribution is 0.214. The van der Waals surface area contributed by atoms with Crippen molar-refractivity contribution in [1.29, 1.82) is 0 Å². The molecule has 0 aromatic carbocycles. The summed E-state index contributed by atoms with van der Waals surface area (Å²) in [6, 6.07) is 4.00. The molecule has 0 spiro atoms. The number of ether oxygens (including phenoxy) is 1. The average Bonchev–Trinajstić information content (AvgIpc) is 3.23. The molecule has 0 radical (unpaired) electrons. The Bertz CT molecular complexity index is 970. The van der Waals surface area contributed by atoms with Gasteiger partial charge >= 0.3 is 0 Å². The Balaban J connectivity index is 0.000000312. The van der Waals surface area contributed by atoms with E-state index < -0.39 is 8.07 Å². The molecule has 1 aliphatic heterocycles. The summed E-state index contributed by atoms with van der Waals surface area (Å²) >= 11 is 0. The van der Waals surface area contributed by atoms with E-state index >= 15 is 0 Å². The van der Waals surface area contributed by atoms with Crippen molar-refractivity contribution in [3.8, 4) is 11.1 Å². The zero-order valence-corrected chi connectivity index (χ0v) is 21.4. The van der Waals surface area contributed by atoms with E-state index in [0.29, 0.717) is 6.04 Å². The van der Waals surface area contributed by atoms with E-state index in [1.54, 1.807) is 13.4 Å². The Morgan fingerprint density at radius 2 is 1.97 bits per heavy atom. The minimum atomic E-state index is -0.803. The molecule has 1 saturated heterocycles. The summed E-state index contributed by atoms with van der Waals surface area (Å²) in [4.78, 5) is 20.9. The third kappa shape index (κ3) is 6.37. The van der Waals surface area contributed by atoms with Crippen molar-refractivity contribution in [3.05, 3.63) is 37.2 Å². The summed E-state index contributed by atoms with van der Waals surface area (Å²) < 4.78 is 4.95. The van der Waals surface area contributed by atoms with Crippen LogP contribution in [0, 0.1) is 0 Å². The average molecular weight is 455 g/mol. The zero-order valence-electron chi connectivity index (χ0n) is 20.4. The number of aromatic amines is 1. The number of hydrogen-bond acceptors (Lipinski definition) is 6. The molecule has 0 amide bonds. The third-order valence-corrected chi connectivity index (χ3v) is 7.65. The van der Waals surface area contributed by atoms with Crippen molar-refractivity contribution in [2.45, 2.75) is 44.6 Å². The normalized spacial score (nSPS) is 16.8. The van der Waals surface area contributed by atoms with Crippen LogP contribution in [0.5, 0.6) is 0 Å². The predicted molar refractivity (Wildman–Crippen MR) is 136 cm³/mol. The molecule has 0 saturated carbocycles. The van der Waals surface area contributed by atoms with Gasteiger partial charge < -0.3 is 19.5 Å². The van der Waals surface area contributed by atoms with Gasteiger partial charge in [0.15, 0.2) is 0 Å². The number of piperidine rings is 1. The Morgan fingerprint density at radius 3 is 2.59 bits per heavy atom. The van der Waals surface area contributed by atoms with Crippen molar-refractivity contribution >= 4 is 24.8 Å².